The van der Waals surface area contributed by atoms with Crippen molar-refractivity contribution in [2.45, 2.75) is 18.9 Å². The first kappa shape index (κ1) is 26.6. The number of carbonyl (C=O) groups is 1. The molecule has 4 rings (SSSR count). The second kappa shape index (κ2) is 12.1. The summed E-state index contributed by atoms with van der Waals surface area (Å²) >= 11 is 6.09. The Kier molecular flexibility index (Phi) is 9.22. The Morgan fingerprint density at radius 2 is 1.86 bits per heavy atom. The quantitative estimate of drug-likeness (QED) is 0.357. The molecule has 186 valence electrons. The molecule has 1 amide bonds. The Labute approximate surface area is 213 Å². The lowest BCUT2D eigenvalue weighted by Crippen LogP contribution is -2.40. The van der Waals surface area contributed by atoms with Crippen molar-refractivity contribution in [1.29, 1.82) is 0 Å². The molecule has 3 aromatic rings. The number of aromatic nitrogens is 2. The van der Waals surface area contributed by atoms with E-state index in [4.69, 9.17) is 11.6 Å². The van der Waals surface area contributed by atoms with Crippen LogP contribution in [0.15, 0.2) is 48.9 Å². The van der Waals surface area contributed by atoms with Gasteiger partial charge in [-0.2, -0.15) is 0 Å². The smallest absolute Gasteiger partial charge is 0.255 e. The van der Waals surface area contributed by atoms with Crippen molar-refractivity contribution in [3.8, 4) is 11.3 Å². The number of rotatable bonds is 8. The van der Waals surface area contributed by atoms with Crippen LogP contribution in [0.2, 0.25) is 5.02 Å². The van der Waals surface area contributed by atoms with E-state index in [1.54, 1.807) is 24.5 Å². The number of pyridine rings is 2. The number of carbonyl (C=O) groups excluding carboxylic acids is 1. The number of aliphatic hydroxyl groups is 2. The van der Waals surface area contributed by atoms with Crippen LogP contribution in [0.3, 0.4) is 0 Å². The zero-order valence-corrected chi connectivity index (χ0v) is 20.3. The molecule has 1 saturated heterocycles. The van der Waals surface area contributed by atoms with Crippen LogP contribution in [0.25, 0.3) is 11.3 Å². The highest BCUT2D eigenvalue weighted by atomic mass is 35.5. The predicted octanol–water partition coefficient (Wildman–Crippen LogP) is 3.78. The van der Waals surface area contributed by atoms with E-state index in [9.17, 15) is 19.4 Å². The van der Waals surface area contributed by atoms with Gasteiger partial charge in [0.1, 0.15) is 5.82 Å². The van der Waals surface area contributed by atoms with E-state index in [1.807, 2.05) is 0 Å². The second-order valence-corrected chi connectivity index (χ2v) is 8.42. The molecule has 11 heteroatoms. The van der Waals surface area contributed by atoms with Gasteiger partial charge in [0, 0.05) is 36.1 Å². The van der Waals surface area contributed by atoms with E-state index in [-0.39, 0.29) is 23.5 Å². The molecule has 3 heterocycles. The van der Waals surface area contributed by atoms with Gasteiger partial charge in [0.05, 0.1) is 53.8 Å². The molecule has 1 fully saturated rings. The first-order valence-corrected chi connectivity index (χ1v) is 11.3. The first-order valence-electron chi connectivity index (χ1n) is 10.9. The monoisotopic (exact) mass is 521 g/mol. The third-order valence-electron chi connectivity index (χ3n) is 5.65. The van der Waals surface area contributed by atoms with Crippen molar-refractivity contribution >= 4 is 47.0 Å². The van der Waals surface area contributed by atoms with Crippen LogP contribution >= 0.6 is 24.0 Å². The maximum absolute atomic E-state index is 14.5. The summed E-state index contributed by atoms with van der Waals surface area (Å²) in [6.45, 7) is 0.922. The van der Waals surface area contributed by atoms with Crippen molar-refractivity contribution in [2.24, 2.45) is 0 Å². The molecule has 0 radical (unpaired) electrons. The van der Waals surface area contributed by atoms with Gasteiger partial charge in [0.25, 0.3) is 5.91 Å². The van der Waals surface area contributed by atoms with Gasteiger partial charge in [-0.1, -0.05) is 11.6 Å². The van der Waals surface area contributed by atoms with E-state index in [0.29, 0.717) is 22.1 Å². The van der Waals surface area contributed by atoms with Gasteiger partial charge in [0.2, 0.25) is 0 Å². The van der Waals surface area contributed by atoms with Crippen molar-refractivity contribution in [1.82, 2.24) is 15.3 Å². The van der Waals surface area contributed by atoms with E-state index in [2.05, 4.69) is 25.5 Å². The summed E-state index contributed by atoms with van der Waals surface area (Å²) in [6.07, 6.45) is 6.74. The zero-order chi connectivity index (χ0) is 24.1. The molecule has 1 aromatic carbocycles. The number of amides is 1. The molecule has 8 nitrogen and oxygen atoms in total. The van der Waals surface area contributed by atoms with Crippen LogP contribution in [0, 0.1) is 5.82 Å². The highest BCUT2D eigenvalue weighted by Crippen LogP contribution is 2.35. The average Bonchev–Trinajstić information content (AvgIpc) is 3.39. The SMILES string of the molecule is Cl.O=C(NC(CO)CO)c1cnccc1Nc1cc(-c2cc(Cl)ccc2F)ncc1N1CCCC1. The number of halogens is 3. The predicted molar refractivity (Wildman–Crippen MR) is 136 cm³/mol. The van der Waals surface area contributed by atoms with Gasteiger partial charge in [-0.25, -0.2) is 4.39 Å². The minimum Gasteiger partial charge on any atom is -0.394 e. The second-order valence-electron chi connectivity index (χ2n) is 7.99. The highest BCUT2D eigenvalue weighted by Gasteiger charge is 2.21. The van der Waals surface area contributed by atoms with E-state index in [1.165, 1.54) is 24.4 Å². The van der Waals surface area contributed by atoms with E-state index >= 15 is 0 Å². The molecule has 0 saturated carbocycles. The molecule has 1 aliphatic heterocycles. The topological polar surface area (TPSA) is 111 Å². The molecule has 4 N–H and O–H groups in total. The van der Waals surface area contributed by atoms with Crippen molar-refractivity contribution < 1.29 is 19.4 Å². The summed E-state index contributed by atoms with van der Waals surface area (Å²) in [7, 11) is 0. The molecule has 0 spiro atoms. The van der Waals surface area contributed by atoms with Gasteiger partial charge < -0.3 is 25.7 Å². The maximum Gasteiger partial charge on any atom is 0.255 e. The number of aliphatic hydroxyl groups excluding tert-OH is 2. The number of hydrogen-bond acceptors (Lipinski definition) is 7. The Bertz CT molecular complexity index is 1170. The van der Waals surface area contributed by atoms with Gasteiger partial charge >= 0.3 is 0 Å². The normalized spacial score (nSPS) is 13.0. The molecule has 0 unspecified atom stereocenters. The summed E-state index contributed by atoms with van der Waals surface area (Å²) in [5.41, 5.74) is 2.83. The first-order chi connectivity index (χ1) is 16.5. The summed E-state index contributed by atoms with van der Waals surface area (Å²) in [5.74, 6) is -0.943. The number of anilines is 3. The highest BCUT2D eigenvalue weighted by molar-refractivity contribution is 6.30. The fraction of sp³-hybridized carbons (Fsp3) is 0.292. The lowest BCUT2D eigenvalue weighted by atomic mass is 10.1. The molecule has 0 bridgehead atoms. The number of benzene rings is 1. The van der Waals surface area contributed by atoms with Crippen LogP contribution < -0.4 is 15.5 Å². The van der Waals surface area contributed by atoms with Crippen molar-refractivity contribution in [2.75, 3.05) is 36.5 Å². The average molecular weight is 522 g/mol. The zero-order valence-electron chi connectivity index (χ0n) is 18.7. The summed E-state index contributed by atoms with van der Waals surface area (Å²) in [4.78, 5) is 23.5. The molecular formula is C24H26Cl2FN5O3. The number of nitrogens with zero attached hydrogens (tertiary/aromatic N) is 3. The molecule has 0 aliphatic carbocycles. The van der Waals surface area contributed by atoms with Gasteiger partial charge in [-0.3, -0.25) is 14.8 Å². The Hall–Kier alpha value is -2.98. The minimum absolute atomic E-state index is 0. The van der Waals surface area contributed by atoms with Crippen LogP contribution in [-0.2, 0) is 0 Å². The van der Waals surface area contributed by atoms with Gasteiger partial charge in [0.15, 0.2) is 0 Å². The maximum atomic E-state index is 14.5. The molecule has 0 atom stereocenters. The Morgan fingerprint density at radius 1 is 1.11 bits per heavy atom. The van der Waals surface area contributed by atoms with Crippen molar-refractivity contribution in [3.05, 3.63) is 65.3 Å². The molecule has 1 aliphatic rings. The standard InChI is InChI=1S/C24H25ClFN5O3.ClH/c25-15-3-4-19(26)17(9-15)21-10-22(23(12-28-21)31-7-1-2-8-31)30-20-5-6-27-11-18(20)24(34)29-16(13-32)14-33;/h3-6,9-12,16,32-33H,1-2,7-8,13-14H2,(H,29,34)(H,27,28,30);1H. The summed E-state index contributed by atoms with van der Waals surface area (Å²) in [6, 6.07) is 6.88. The Morgan fingerprint density at radius 3 is 2.57 bits per heavy atom. The number of hydrogen-bond donors (Lipinski definition) is 4. The fourth-order valence-corrected chi connectivity index (χ4v) is 4.01. The van der Waals surface area contributed by atoms with Crippen LogP contribution in [-0.4, -0.2) is 58.4 Å². The fourth-order valence-electron chi connectivity index (χ4n) is 3.84. The van der Waals surface area contributed by atoms with E-state index in [0.717, 1.165) is 31.6 Å². The summed E-state index contributed by atoms with van der Waals surface area (Å²) < 4.78 is 14.5. The van der Waals surface area contributed by atoms with Gasteiger partial charge in [-0.15, -0.1) is 12.4 Å². The molecule has 35 heavy (non-hydrogen) atoms. The third-order valence-corrected chi connectivity index (χ3v) is 5.88. The van der Waals surface area contributed by atoms with Crippen LogP contribution in [0.5, 0.6) is 0 Å². The van der Waals surface area contributed by atoms with Crippen molar-refractivity contribution in [3.63, 3.8) is 0 Å². The van der Waals surface area contributed by atoms with Gasteiger partial charge in [-0.05, 0) is 43.2 Å². The number of nitrogens with one attached hydrogen (secondary N) is 2. The lowest BCUT2D eigenvalue weighted by Gasteiger charge is -2.23. The largest absolute Gasteiger partial charge is 0.394 e. The minimum atomic E-state index is -0.793. The van der Waals surface area contributed by atoms with Crippen LogP contribution in [0.1, 0.15) is 23.2 Å². The van der Waals surface area contributed by atoms with E-state index < -0.39 is 31.0 Å². The molecule has 2 aromatic heterocycles. The Balaban J connectivity index is 0.00000342. The van der Waals surface area contributed by atoms with Crippen LogP contribution in [0.4, 0.5) is 21.5 Å². The summed E-state index contributed by atoms with van der Waals surface area (Å²) in [5, 5.41) is 24.9. The third kappa shape index (κ3) is 6.18. The molecular weight excluding hydrogens is 496 g/mol. The lowest BCUT2D eigenvalue weighted by molar-refractivity contribution is 0.0880.